The molecule has 0 aliphatic heterocycles. The predicted molar refractivity (Wildman–Crippen MR) is 61.8 cm³/mol. The van der Waals surface area contributed by atoms with Gasteiger partial charge in [-0.1, -0.05) is 6.92 Å². The number of hydrogen-bond acceptors (Lipinski definition) is 4. The van der Waals surface area contributed by atoms with Crippen molar-refractivity contribution in [1.29, 1.82) is 5.26 Å². The second-order valence-electron chi connectivity index (χ2n) is 3.46. The molecule has 0 aromatic rings. The first-order valence-electron chi connectivity index (χ1n) is 5.60. The van der Waals surface area contributed by atoms with E-state index in [1.165, 1.54) is 0 Å². The average molecular weight is 227 g/mol. The van der Waals surface area contributed by atoms with Crippen LogP contribution < -0.4 is 5.32 Å². The lowest BCUT2D eigenvalue weighted by Crippen LogP contribution is -2.40. The molecule has 0 radical (unpaired) electrons. The van der Waals surface area contributed by atoms with Gasteiger partial charge in [-0.15, -0.1) is 0 Å². The minimum absolute atomic E-state index is 0.0285. The summed E-state index contributed by atoms with van der Waals surface area (Å²) in [6, 6.07) is 2.04. The van der Waals surface area contributed by atoms with Crippen molar-refractivity contribution in [3.63, 3.8) is 0 Å². The molecule has 0 saturated carbocycles. The fourth-order valence-electron chi connectivity index (χ4n) is 1.23. The van der Waals surface area contributed by atoms with E-state index in [4.69, 9.17) is 10.00 Å². The first-order valence-corrected chi connectivity index (χ1v) is 5.60. The van der Waals surface area contributed by atoms with Crippen molar-refractivity contribution < 1.29 is 9.53 Å². The number of hydrogen-bond donors (Lipinski definition) is 1. The Balaban J connectivity index is 3.94. The van der Waals surface area contributed by atoms with E-state index in [9.17, 15) is 4.79 Å². The maximum atomic E-state index is 11.7. The predicted octanol–water partition coefficient (Wildman–Crippen LogP) is 0.375. The summed E-state index contributed by atoms with van der Waals surface area (Å²) in [4.78, 5) is 13.4. The molecule has 0 atom stereocenters. The van der Waals surface area contributed by atoms with Crippen molar-refractivity contribution in [2.75, 3.05) is 39.9 Å². The molecule has 0 heterocycles. The van der Waals surface area contributed by atoms with Crippen LogP contribution in [0.3, 0.4) is 0 Å². The quantitative estimate of drug-likeness (QED) is 0.578. The second kappa shape index (κ2) is 10.4. The summed E-state index contributed by atoms with van der Waals surface area (Å²) in [5.74, 6) is 0.0285. The summed E-state index contributed by atoms with van der Waals surface area (Å²) in [5, 5.41) is 11.6. The Bertz CT molecular complexity index is 226. The molecule has 5 heteroatoms. The minimum atomic E-state index is 0.0285. The first kappa shape index (κ1) is 14.9. The van der Waals surface area contributed by atoms with Crippen LogP contribution >= 0.6 is 0 Å². The molecule has 0 aromatic heterocycles. The third kappa shape index (κ3) is 7.21. The monoisotopic (exact) mass is 227 g/mol. The van der Waals surface area contributed by atoms with Crippen LogP contribution in [0.5, 0.6) is 0 Å². The van der Waals surface area contributed by atoms with Gasteiger partial charge >= 0.3 is 0 Å². The first-order chi connectivity index (χ1) is 7.76. The minimum Gasteiger partial charge on any atom is -0.383 e. The smallest absolute Gasteiger partial charge is 0.236 e. The van der Waals surface area contributed by atoms with Gasteiger partial charge in [-0.05, 0) is 13.0 Å². The summed E-state index contributed by atoms with van der Waals surface area (Å²) in [7, 11) is 1.60. The molecule has 0 rings (SSSR count). The summed E-state index contributed by atoms with van der Waals surface area (Å²) in [6.45, 7) is 4.75. The van der Waals surface area contributed by atoms with Crippen molar-refractivity contribution in [3.8, 4) is 6.07 Å². The van der Waals surface area contributed by atoms with E-state index in [0.717, 1.165) is 13.0 Å². The van der Waals surface area contributed by atoms with E-state index in [0.29, 0.717) is 32.7 Å². The van der Waals surface area contributed by atoms with Crippen LogP contribution in [0.15, 0.2) is 0 Å². The lowest BCUT2D eigenvalue weighted by molar-refractivity contribution is -0.130. The van der Waals surface area contributed by atoms with Gasteiger partial charge in [-0.3, -0.25) is 4.79 Å². The average Bonchev–Trinajstić information content (AvgIpc) is 2.29. The number of nitrogens with zero attached hydrogens (tertiary/aromatic N) is 2. The van der Waals surface area contributed by atoms with Crippen molar-refractivity contribution in [3.05, 3.63) is 0 Å². The molecule has 0 fully saturated rings. The number of ether oxygens (including phenoxy) is 1. The Kier molecular flexibility index (Phi) is 9.67. The topological polar surface area (TPSA) is 65.4 Å². The molecular weight excluding hydrogens is 206 g/mol. The Morgan fingerprint density at radius 3 is 2.81 bits per heavy atom. The van der Waals surface area contributed by atoms with Crippen LogP contribution in [0.2, 0.25) is 0 Å². The maximum Gasteiger partial charge on any atom is 0.236 e. The van der Waals surface area contributed by atoms with Crippen LogP contribution in [0.4, 0.5) is 0 Å². The largest absolute Gasteiger partial charge is 0.383 e. The van der Waals surface area contributed by atoms with Gasteiger partial charge in [0.25, 0.3) is 0 Å². The van der Waals surface area contributed by atoms with Crippen molar-refractivity contribution in [2.45, 2.75) is 19.8 Å². The number of carbonyl (C=O) groups excluding carboxylic acids is 1. The Morgan fingerprint density at radius 2 is 2.25 bits per heavy atom. The SMILES string of the molecule is CCCNCC(=O)N(CCC#N)CCOC. The molecule has 0 bridgehead atoms. The Hall–Kier alpha value is -1.12. The summed E-state index contributed by atoms with van der Waals surface area (Å²) in [6.07, 6.45) is 1.37. The van der Waals surface area contributed by atoms with Crippen LogP contribution in [0.25, 0.3) is 0 Å². The highest BCUT2D eigenvalue weighted by Gasteiger charge is 2.11. The molecule has 5 nitrogen and oxygen atoms in total. The van der Waals surface area contributed by atoms with Crippen LogP contribution in [-0.4, -0.2) is 50.7 Å². The fourth-order valence-corrected chi connectivity index (χ4v) is 1.23. The van der Waals surface area contributed by atoms with E-state index < -0.39 is 0 Å². The molecule has 0 aromatic carbocycles. The molecule has 0 unspecified atom stereocenters. The van der Waals surface area contributed by atoms with Gasteiger partial charge in [-0.2, -0.15) is 5.26 Å². The van der Waals surface area contributed by atoms with Crippen LogP contribution in [0, 0.1) is 11.3 Å². The summed E-state index contributed by atoms with van der Waals surface area (Å²) >= 11 is 0. The van der Waals surface area contributed by atoms with Gasteiger partial charge < -0.3 is 15.0 Å². The Morgan fingerprint density at radius 1 is 1.50 bits per heavy atom. The Labute approximate surface area is 97.4 Å². The zero-order valence-corrected chi connectivity index (χ0v) is 10.2. The number of rotatable bonds is 9. The molecule has 0 saturated heterocycles. The second-order valence-corrected chi connectivity index (χ2v) is 3.46. The molecule has 0 aliphatic carbocycles. The van der Waals surface area contributed by atoms with Gasteiger partial charge in [0, 0.05) is 20.2 Å². The number of nitriles is 1. The standard InChI is InChI=1S/C11H21N3O2/c1-3-6-13-10-11(15)14(7-4-5-12)8-9-16-2/h13H,3-4,6-10H2,1-2H3. The zero-order chi connectivity index (χ0) is 12.2. The molecular formula is C11H21N3O2. The molecule has 0 aliphatic rings. The summed E-state index contributed by atoms with van der Waals surface area (Å²) < 4.78 is 4.93. The molecule has 0 spiro atoms. The van der Waals surface area contributed by atoms with E-state index in [2.05, 4.69) is 12.2 Å². The van der Waals surface area contributed by atoms with Gasteiger partial charge in [-0.25, -0.2) is 0 Å². The van der Waals surface area contributed by atoms with Crippen LogP contribution in [0.1, 0.15) is 19.8 Å². The fraction of sp³-hybridized carbons (Fsp3) is 0.818. The number of amides is 1. The normalized spacial score (nSPS) is 9.81. The zero-order valence-electron chi connectivity index (χ0n) is 10.2. The van der Waals surface area contributed by atoms with Crippen LogP contribution in [-0.2, 0) is 9.53 Å². The van der Waals surface area contributed by atoms with Crippen molar-refractivity contribution in [2.24, 2.45) is 0 Å². The molecule has 1 N–H and O–H groups in total. The highest BCUT2D eigenvalue weighted by molar-refractivity contribution is 5.78. The molecule has 1 amide bonds. The van der Waals surface area contributed by atoms with Crippen molar-refractivity contribution >= 4 is 5.91 Å². The lowest BCUT2D eigenvalue weighted by atomic mass is 10.3. The third-order valence-electron chi connectivity index (χ3n) is 2.11. The van der Waals surface area contributed by atoms with Gasteiger partial charge in [0.2, 0.25) is 5.91 Å². The van der Waals surface area contributed by atoms with Gasteiger partial charge in [0.05, 0.1) is 25.6 Å². The highest BCUT2D eigenvalue weighted by atomic mass is 16.5. The van der Waals surface area contributed by atoms with Crippen molar-refractivity contribution in [1.82, 2.24) is 10.2 Å². The van der Waals surface area contributed by atoms with Gasteiger partial charge in [0.15, 0.2) is 0 Å². The number of nitrogens with one attached hydrogen (secondary N) is 1. The van der Waals surface area contributed by atoms with E-state index in [-0.39, 0.29) is 5.91 Å². The number of methoxy groups -OCH3 is 1. The van der Waals surface area contributed by atoms with E-state index in [1.54, 1.807) is 12.0 Å². The third-order valence-corrected chi connectivity index (χ3v) is 2.11. The maximum absolute atomic E-state index is 11.7. The highest BCUT2D eigenvalue weighted by Crippen LogP contribution is 1.92. The van der Waals surface area contributed by atoms with E-state index in [1.807, 2.05) is 6.07 Å². The number of carbonyl (C=O) groups is 1. The molecule has 92 valence electrons. The summed E-state index contributed by atoms with van der Waals surface area (Å²) in [5.41, 5.74) is 0. The van der Waals surface area contributed by atoms with Gasteiger partial charge in [0.1, 0.15) is 0 Å². The molecule has 16 heavy (non-hydrogen) atoms. The lowest BCUT2D eigenvalue weighted by Gasteiger charge is -2.21. The van der Waals surface area contributed by atoms with E-state index >= 15 is 0 Å².